The van der Waals surface area contributed by atoms with Gasteiger partial charge in [-0.25, -0.2) is 4.98 Å². The van der Waals surface area contributed by atoms with E-state index in [-0.39, 0.29) is 0 Å². The molecule has 0 atom stereocenters. The van der Waals surface area contributed by atoms with Gasteiger partial charge in [0, 0.05) is 7.05 Å². The van der Waals surface area contributed by atoms with Crippen molar-refractivity contribution in [2.24, 2.45) is 7.05 Å². The fraction of sp³-hybridized carbons (Fsp3) is 0.214. The minimum absolute atomic E-state index is 1.04. The van der Waals surface area contributed by atoms with Crippen molar-refractivity contribution in [3.8, 4) is 0 Å². The van der Waals surface area contributed by atoms with Crippen molar-refractivity contribution in [1.82, 2.24) is 14.0 Å². The van der Waals surface area contributed by atoms with Crippen LogP contribution < -0.4 is 0 Å². The highest BCUT2D eigenvalue weighted by Gasteiger charge is 2.18. The molecule has 4 rings (SSSR count). The lowest BCUT2D eigenvalue weighted by molar-refractivity contribution is 0.893. The van der Waals surface area contributed by atoms with Gasteiger partial charge in [0.25, 0.3) is 0 Å². The molecule has 0 fully saturated rings. The quantitative estimate of drug-likeness (QED) is 0.574. The number of hydrogen-bond donors (Lipinski definition) is 0. The topological polar surface area (TPSA) is 22.2 Å². The van der Waals surface area contributed by atoms with Crippen LogP contribution in [-0.4, -0.2) is 14.0 Å². The summed E-state index contributed by atoms with van der Waals surface area (Å²) in [4.78, 5) is 4.71. The van der Waals surface area contributed by atoms with Crippen molar-refractivity contribution in [1.29, 1.82) is 0 Å². The highest BCUT2D eigenvalue weighted by Crippen LogP contribution is 2.27. The third-order valence-corrected chi connectivity index (χ3v) is 3.59. The molecule has 0 radical (unpaired) electrons. The second-order valence-electron chi connectivity index (χ2n) is 4.57. The summed E-state index contributed by atoms with van der Waals surface area (Å²) in [6, 6.07) is 8.34. The van der Waals surface area contributed by atoms with Gasteiger partial charge in [-0.1, -0.05) is 18.2 Å². The molecular formula is C14H13N3. The zero-order valence-corrected chi connectivity index (χ0v) is 9.72. The summed E-state index contributed by atoms with van der Waals surface area (Å²) in [7, 11) is 2.09. The molecule has 0 amide bonds. The van der Waals surface area contributed by atoms with Crippen LogP contribution >= 0.6 is 0 Å². The average Bonchev–Trinajstić information content (AvgIpc) is 2.88. The summed E-state index contributed by atoms with van der Waals surface area (Å²) in [6.45, 7) is 0. The number of aromatic nitrogens is 3. The third-order valence-electron chi connectivity index (χ3n) is 3.59. The summed E-state index contributed by atoms with van der Waals surface area (Å²) in [5.41, 5.74) is 4.98. The van der Waals surface area contributed by atoms with Gasteiger partial charge in [-0.2, -0.15) is 0 Å². The lowest BCUT2D eigenvalue weighted by Crippen LogP contribution is -1.98. The van der Waals surface area contributed by atoms with Crippen molar-refractivity contribution >= 4 is 22.9 Å². The maximum atomic E-state index is 4.71. The molecule has 1 aliphatic carbocycles. The third kappa shape index (κ3) is 1.04. The van der Waals surface area contributed by atoms with Gasteiger partial charge in [0.15, 0.2) is 0 Å². The number of aryl methyl sites for hydroxylation is 2. The van der Waals surface area contributed by atoms with Crippen molar-refractivity contribution in [3.05, 3.63) is 41.7 Å². The normalized spacial score (nSPS) is 14.6. The van der Waals surface area contributed by atoms with E-state index in [1.807, 2.05) is 6.07 Å². The zero-order chi connectivity index (χ0) is 11.4. The minimum atomic E-state index is 1.04. The number of para-hydroxylation sites is 2. The Morgan fingerprint density at radius 3 is 3.06 bits per heavy atom. The van der Waals surface area contributed by atoms with Gasteiger partial charge in [-0.15, -0.1) is 0 Å². The average molecular weight is 223 g/mol. The van der Waals surface area contributed by atoms with E-state index in [0.29, 0.717) is 0 Å². The first-order valence-electron chi connectivity index (χ1n) is 5.97. The number of nitrogens with zero attached hydrogens (tertiary/aromatic N) is 3. The molecule has 2 heterocycles. The molecule has 0 unspecified atom stereocenters. The van der Waals surface area contributed by atoms with E-state index in [4.69, 9.17) is 4.98 Å². The van der Waals surface area contributed by atoms with E-state index < -0.39 is 0 Å². The van der Waals surface area contributed by atoms with E-state index in [1.54, 1.807) is 0 Å². The van der Waals surface area contributed by atoms with Crippen LogP contribution in [0, 0.1) is 0 Å². The summed E-state index contributed by atoms with van der Waals surface area (Å²) < 4.78 is 4.49. The van der Waals surface area contributed by atoms with Gasteiger partial charge in [0.2, 0.25) is 5.78 Å². The first-order chi connectivity index (χ1) is 8.36. The van der Waals surface area contributed by atoms with Crippen LogP contribution in [0.4, 0.5) is 0 Å². The van der Waals surface area contributed by atoms with E-state index in [0.717, 1.165) is 24.1 Å². The van der Waals surface area contributed by atoms with Gasteiger partial charge in [0.05, 0.1) is 22.4 Å². The second-order valence-corrected chi connectivity index (χ2v) is 4.57. The minimum Gasteiger partial charge on any atom is -0.313 e. The number of hydrogen-bond acceptors (Lipinski definition) is 1. The maximum Gasteiger partial charge on any atom is 0.215 e. The van der Waals surface area contributed by atoms with Crippen LogP contribution in [0.1, 0.15) is 17.8 Å². The first-order valence-corrected chi connectivity index (χ1v) is 5.97. The van der Waals surface area contributed by atoms with Crippen LogP contribution in [0.5, 0.6) is 0 Å². The van der Waals surface area contributed by atoms with Crippen LogP contribution in [0.15, 0.2) is 30.3 Å². The SMILES string of the molecule is Cn1c2c(n3c4ccccc4nc13)CCC=C2. The molecule has 17 heavy (non-hydrogen) atoms. The summed E-state index contributed by atoms with van der Waals surface area (Å²) in [5, 5.41) is 0. The standard InChI is InChI=1S/C14H13N3/c1-16-12-8-4-5-9-13(12)17-11-7-3-2-6-10(11)15-14(16)17/h2-4,6-8H,5,9H2,1H3. The van der Waals surface area contributed by atoms with Gasteiger partial charge in [0.1, 0.15) is 0 Å². The molecule has 3 nitrogen and oxygen atoms in total. The summed E-state index contributed by atoms with van der Waals surface area (Å²) in [5.74, 6) is 1.04. The zero-order valence-electron chi connectivity index (χ0n) is 9.72. The van der Waals surface area contributed by atoms with Crippen LogP contribution in [-0.2, 0) is 13.5 Å². The Kier molecular flexibility index (Phi) is 1.60. The number of imidazole rings is 2. The predicted molar refractivity (Wildman–Crippen MR) is 69.0 cm³/mol. The van der Waals surface area contributed by atoms with Crippen LogP contribution in [0.25, 0.3) is 22.9 Å². The Morgan fingerprint density at radius 2 is 2.12 bits per heavy atom. The van der Waals surface area contributed by atoms with Gasteiger partial charge >= 0.3 is 0 Å². The largest absolute Gasteiger partial charge is 0.313 e. The summed E-state index contributed by atoms with van der Waals surface area (Å²) >= 11 is 0. The second kappa shape index (κ2) is 3.00. The Balaban J connectivity index is 2.27. The molecular weight excluding hydrogens is 210 g/mol. The molecule has 1 aliphatic rings. The number of benzene rings is 1. The molecule has 0 saturated carbocycles. The molecule has 1 aromatic carbocycles. The molecule has 0 N–H and O–H groups in total. The van der Waals surface area contributed by atoms with E-state index >= 15 is 0 Å². The number of fused-ring (bicyclic) bond motifs is 5. The molecule has 0 saturated heterocycles. The highest BCUT2D eigenvalue weighted by molar-refractivity contribution is 5.81. The first kappa shape index (κ1) is 9.05. The van der Waals surface area contributed by atoms with Crippen molar-refractivity contribution in [2.75, 3.05) is 0 Å². The number of allylic oxidation sites excluding steroid dienone is 1. The smallest absolute Gasteiger partial charge is 0.215 e. The lowest BCUT2D eigenvalue weighted by Gasteiger charge is -2.06. The Labute approximate surface area is 99.0 Å². The van der Waals surface area contributed by atoms with Crippen LogP contribution in [0.2, 0.25) is 0 Å². The molecule has 0 spiro atoms. The predicted octanol–water partition coefficient (Wildman–Crippen LogP) is 2.79. The maximum absolute atomic E-state index is 4.71. The number of rotatable bonds is 0. The Hall–Kier alpha value is -2.03. The molecule has 0 aliphatic heterocycles. The van der Waals surface area contributed by atoms with E-state index in [9.17, 15) is 0 Å². The fourth-order valence-corrected chi connectivity index (χ4v) is 2.78. The summed E-state index contributed by atoms with van der Waals surface area (Å²) in [6.07, 6.45) is 6.67. The monoisotopic (exact) mass is 223 g/mol. The van der Waals surface area contributed by atoms with Gasteiger partial charge in [-0.05, 0) is 31.1 Å². The van der Waals surface area contributed by atoms with Gasteiger partial charge < -0.3 is 4.57 Å². The van der Waals surface area contributed by atoms with E-state index in [1.165, 1.54) is 16.9 Å². The van der Waals surface area contributed by atoms with Crippen molar-refractivity contribution in [2.45, 2.75) is 12.8 Å². The molecule has 84 valence electrons. The van der Waals surface area contributed by atoms with Crippen LogP contribution in [0.3, 0.4) is 0 Å². The van der Waals surface area contributed by atoms with Crippen molar-refractivity contribution < 1.29 is 0 Å². The Morgan fingerprint density at radius 1 is 1.24 bits per heavy atom. The molecule has 2 aromatic heterocycles. The van der Waals surface area contributed by atoms with Crippen molar-refractivity contribution in [3.63, 3.8) is 0 Å². The highest BCUT2D eigenvalue weighted by atomic mass is 15.2. The fourth-order valence-electron chi connectivity index (χ4n) is 2.78. The molecule has 3 heteroatoms. The lowest BCUT2D eigenvalue weighted by atomic mass is 10.1. The molecule has 0 bridgehead atoms. The van der Waals surface area contributed by atoms with Gasteiger partial charge in [-0.3, -0.25) is 4.40 Å². The molecule has 3 aromatic rings. The van der Waals surface area contributed by atoms with E-state index in [2.05, 4.69) is 46.4 Å². The Bertz CT molecular complexity index is 759.